The number of aromatic nitrogens is 1. The van der Waals surface area contributed by atoms with Gasteiger partial charge in [0.15, 0.2) is 5.58 Å². The van der Waals surface area contributed by atoms with Gasteiger partial charge in [-0.2, -0.15) is 0 Å². The molecule has 2 N–H and O–H groups in total. The summed E-state index contributed by atoms with van der Waals surface area (Å²) in [6.07, 6.45) is 1.91. The highest BCUT2D eigenvalue weighted by molar-refractivity contribution is 5.81. The molecule has 0 unspecified atom stereocenters. The number of ether oxygens (including phenoxy) is 1. The normalized spacial score (nSPS) is 10.7. The lowest BCUT2D eigenvalue weighted by molar-refractivity contribution is 0.277. The van der Waals surface area contributed by atoms with Gasteiger partial charge in [0.05, 0.1) is 12.0 Å². The van der Waals surface area contributed by atoms with E-state index in [1.54, 1.807) is 0 Å². The summed E-state index contributed by atoms with van der Waals surface area (Å²) in [6, 6.07) is 7.65. The quantitative estimate of drug-likeness (QED) is 0.759. The molecular weight excluding hydrogens is 192 g/mol. The zero-order valence-electron chi connectivity index (χ0n) is 8.48. The summed E-state index contributed by atoms with van der Waals surface area (Å²) in [6.45, 7) is 1.33. The number of para-hydroxylation sites is 1. The van der Waals surface area contributed by atoms with Crippen LogP contribution in [0.5, 0.6) is 5.88 Å². The van der Waals surface area contributed by atoms with Gasteiger partial charge in [0.2, 0.25) is 0 Å². The van der Waals surface area contributed by atoms with Crippen LogP contribution >= 0.6 is 0 Å². The van der Waals surface area contributed by atoms with Crippen LogP contribution in [0.25, 0.3) is 11.0 Å². The zero-order chi connectivity index (χ0) is 10.5. The van der Waals surface area contributed by atoms with Crippen molar-refractivity contribution >= 4 is 11.0 Å². The van der Waals surface area contributed by atoms with Crippen LogP contribution in [0, 0.1) is 0 Å². The number of benzene rings is 1. The Hall–Kier alpha value is -1.55. The Morgan fingerprint density at radius 2 is 2.13 bits per heavy atom. The fourth-order valence-electron chi connectivity index (χ4n) is 1.38. The van der Waals surface area contributed by atoms with Crippen molar-refractivity contribution in [1.82, 2.24) is 5.16 Å². The van der Waals surface area contributed by atoms with Gasteiger partial charge in [-0.15, -0.1) is 0 Å². The van der Waals surface area contributed by atoms with E-state index in [1.165, 1.54) is 0 Å². The third-order valence-electron chi connectivity index (χ3n) is 2.18. The number of nitrogens with zero attached hydrogens (tertiary/aromatic N) is 1. The highest BCUT2D eigenvalue weighted by Gasteiger charge is 2.07. The van der Waals surface area contributed by atoms with Gasteiger partial charge in [0.25, 0.3) is 5.88 Å². The smallest absolute Gasteiger partial charge is 0.262 e. The monoisotopic (exact) mass is 206 g/mol. The second-order valence-corrected chi connectivity index (χ2v) is 3.33. The van der Waals surface area contributed by atoms with Crippen molar-refractivity contribution in [2.75, 3.05) is 13.2 Å². The molecule has 0 fully saturated rings. The highest BCUT2D eigenvalue weighted by atomic mass is 16.5. The molecule has 0 aliphatic heterocycles. The van der Waals surface area contributed by atoms with Crippen molar-refractivity contribution in [2.24, 2.45) is 5.73 Å². The average molecular weight is 206 g/mol. The van der Waals surface area contributed by atoms with E-state index >= 15 is 0 Å². The molecule has 1 aromatic carbocycles. The third-order valence-corrected chi connectivity index (χ3v) is 2.18. The summed E-state index contributed by atoms with van der Waals surface area (Å²) in [5, 5.41) is 4.79. The van der Waals surface area contributed by atoms with E-state index in [1.807, 2.05) is 24.3 Å². The first-order chi connectivity index (χ1) is 7.42. The summed E-state index contributed by atoms with van der Waals surface area (Å²) < 4.78 is 10.6. The molecular formula is C11H14N2O2. The lowest BCUT2D eigenvalue weighted by Crippen LogP contribution is -2.03. The molecule has 1 aromatic heterocycles. The van der Waals surface area contributed by atoms with Crippen LogP contribution in [0.2, 0.25) is 0 Å². The molecule has 0 aliphatic rings. The Labute approximate surface area is 88.0 Å². The molecule has 4 nitrogen and oxygen atoms in total. The van der Waals surface area contributed by atoms with Crippen LogP contribution in [0.3, 0.4) is 0 Å². The minimum absolute atomic E-state index is 0.572. The maximum Gasteiger partial charge on any atom is 0.262 e. The Balaban J connectivity index is 2.02. The molecule has 0 saturated heterocycles. The van der Waals surface area contributed by atoms with E-state index in [-0.39, 0.29) is 0 Å². The lowest BCUT2D eigenvalue weighted by atomic mass is 10.3. The number of rotatable bonds is 5. The first kappa shape index (κ1) is 9.98. The summed E-state index contributed by atoms with van der Waals surface area (Å²) in [7, 11) is 0. The molecule has 0 atom stereocenters. The molecule has 0 saturated carbocycles. The van der Waals surface area contributed by atoms with Gasteiger partial charge in [-0.3, -0.25) is 0 Å². The fourth-order valence-corrected chi connectivity index (χ4v) is 1.38. The van der Waals surface area contributed by atoms with Crippen LogP contribution in [0.15, 0.2) is 28.8 Å². The second kappa shape index (κ2) is 4.79. The lowest BCUT2D eigenvalue weighted by Gasteiger charge is -2.00. The summed E-state index contributed by atoms with van der Waals surface area (Å²) >= 11 is 0. The second-order valence-electron chi connectivity index (χ2n) is 3.33. The fraction of sp³-hybridized carbons (Fsp3) is 0.364. The number of nitrogens with two attached hydrogens (primary N) is 1. The van der Waals surface area contributed by atoms with Crippen LogP contribution < -0.4 is 10.5 Å². The number of hydrogen-bond donors (Lipinski definition) is 1. The van der Waals surface area contributed by atoms with E-state index in [9.17, 15) is 0 Å². The predicted octanol–water partition coefficient (Wildman–Crippen LogP) is 1.95. The van der Waals surface area contributed by atoms with Crippen molar-refractivity contribution < 1.29 is 9.26 Å². The topological polar surface area (TPSA) is 61.3 Å². The van der Waals surface area contributed by atoms with Crippen molar-refractivity contribution in [3.05, 3.63) is 24.3 Å². The maximum absolute atomic E-state index is 5.50. The SMILES string of the molecule is NCCCCOc1noc2ccccc12. The Kier molecular flexibility index (Phi) is 3.19. The first-order valence-corrected chi connectivity index (χ1v) is 5.09. The molecule has 15 heavy (non-hydrogen) atoms. The van der Waals surface area contributed by atoms with Gasteiger partial charge < -0.3 is 15.0 Å². The maximum atomic E-state index is 5.50. The van der Waals surface area contributed by atoms with E-state index in [0.717, 1.165) is 23.8 Å². The van der Waals surface area contributed by atoms with Crippen molar-refractivity contribution in [3.8, 4) is 5.88 Å². The van der Waals surface area contributed by atoms with Crippen molar-refractivity contribution in [3.63, 3.8) is 0 Å². The van der Waals surface area contributed by atoms with E-state index in [0.29, 0.717) is 19.0 Å². The van der Waals surface area contributed by atoms with Crippen LogP contribution in [-0.4, -0.2) is 18.3 Å². The molecule has 0 bridgehead atoms. The number of hydrogen-bond acceptors (Lipinski definition) is 4. The Bertz CT molecular complexity index is 425. The van der Waals surface area contributed by atoms with Gasteiger partial charge in [-0.05, 0) is 36.7 Å². The van der Waals surface area contributed by atoms with Crippen LogP contribution in [0.4, 0.5) is 0 Å². The van der Waals surface area contributed by atoms with E-state index in [4.69, 9.17) is 15.0 Å². The van der Waals surface area contributed by atoms with Crippen molar-refractivity contribution in [1.29, 1.82) is 0 Å². The molecule has 1 heterocycles. The number of unbranched alkanes of at least 4 members (excludes halogenated alkanes) is 1. The van der Waals surface area contributed by atoms with Gasteiger partial charge in [-0.25, -0.2) is 0 Å². The minimum atomic E-state index is 0.572. The molecule has 0 aliphatic carbocycles. The molecule has 80 valence electrons. The van der Waals surface area contributed by atoms with Gasteiger partial charge in [0.1, 0.15) is 0 Å². The Morgan fingerprint density at radius 1 is 1.27 bits per heavy atom. The van der Waals surface area contributed by atoms with Gasteiger partial charge in [-0.1, -0.05) is 12.1 Å². The first-order valence-electron chi connectivity index (χ1n) is 5.09. The molecule has 2 aromatic rings. The predicted molar refractivity (Wildman–Crippen MR) is 57.8 cm³/mol. The van der Waals surface area contributed by atoms with E-state index in [2.05, 4.69) is 5.16 Å². The largest absolute Gasteiger partial charge is 0.475 e. The average Bonchev–Trinajstić information content (AvgIpc) is 2.68. The van der Waals surface area contributed by atoms with Crippen molar-refractivity contribution in [2.45, 2.75) is 12.8 Å². The standard InChI is InChI=1S/C11H14N2O2/c12-7-3-4-8-14-11-9-5-1-2-6-10(9)15-13-11/h1-2,5-6H,3-4,7-8,12H2. The van der Waals surface area contributed by atoms with Gasteiger partial charge in [0, 0.05) is 0 Å². The third kappa shape index (κ3) is 2.27. The summed E-state index contributed by atoms with van der Waals surface area (Å²) in [4.78, 5) is 0. The molecule has 0 spiro atoms. The molecule has 4 heteroatoms. The minimum Gasteiger partial charge on any atom is -0.475 e. The van der Waals surface area contributed by atoms with E-state index < -0.39 is 0 Å². The molecule has 0 amide bonds. The zero-order valence-corrected chi connectivity index (χ0v) is 8.48. The Morgan fingerprint density at radius 3 is 3.00 bits per heavy atom. The van der Waals surface area contributed by atoms with Gasteiger partial charge >= 0.3 is 0 Å². The van der Waals surface area contributed by atoms with Crippen LogP contribution in [0.1, 0.15) is 12.8 Å². The highest BCUT2D eigenvalue weighted by Crippen LogP contribution is 2.24. The summed E-state index contributed by atoms with van der Waals surface area (Å²) in [5.74, 6) is 0.572. The van der Waals surface area contributed by atoms with Crippen LogP contribution in [-0.2, 0) is 0 Å². The summed E-state index contributed by atoms with van der Waals surface area (Å²) in [5.41, 5.74) is 6.14. The number of fused-ring (bicyclic) bond motifs is 1. The molecule has 2 rings (SSSR count). The molecule has 0 radical (unpaired) electrons.